The number of anilines is 3. The zero-order valence-electron chi connectivity index (χ0n) is 11.1. The van der Waals surface area contributed by atoms with Crippen LogP contribution in [0.4, 0.5) is 17.8 Å². The summed E-state index contributed by atoms with van der Waals surface area (Å²) in [5.74, 6) is 0.406. The normalized spacial score (nSPS) is 10.0. The lowest BCUT2D eigenvalue weighted by molar-refractivity contribution is -0.350. The molecule has 0 atom stereocenters. The van der Waals surface area contributed by atoms with Gasteiger partial charge in [-0.1, -0.05) is 27.7 Å². The third kappa shape index (κ3) is 6.47. The van der Waals surface area contributed by atoms with Crippen molar-refractivity contribution in [2.24, 2.45) is 0 Å². The van der Waals surface area contributed by atoms with Gasteiger partial charge in [0.25, 0.3) is 0 Å². The Morgan fingerprint density at radius 2 is 1.48 bits per heavy atom. The first-order valence-corrected chi connectivity index (χ1v) is 6.69. The molecule has 0 saturated heterocycles. The maximum atomic E-state index is 10.4. The van der Waals surface area contributed by atoms with E-state index in [1.165, 1.54) is 12.1 Å². The third-order valence-corrected chi connectivity index (χ3v) is 2.89. The Hall–Kier alpha value is -2.50. The molecule has 0 spiro atoms. The van der Waals surface area contributed by atoms with Crippen LogP contribution in [0, 0.1) is 6.92 Å². The van der Waals surface area contributed by atoms with Gasteiger partial charge in [0, 0.05) is 0 Å². The largest absolute Gasteiger partial charge is 0.744 e. The molecule has 11 heteroatoms. The quantitative estimate of drug-likeness (QED) is 0.505. The van der Waals surface area contributed by atoms with E-state index in [2.05, 4.69) is 15.0 Å². The fraction of sp³-hybridized carbons (Fsp3) is 0.100. The summed E-state index contributed by atoms with van der Waals surface area (Å²) in [6.07, 6.45) is 0. The van der Waals surface area contributed by atoms with Crippen LogP contribution in [0.2, 0.25) is 0 Å². The van der Waals surface area contributed by atoms with Gasteiger partial charge in [-0.3, -0.25) is 0 Å². The number of aromatic amines is 1. The highest BCUT2D eigenvalue weighted by Crippen LogP contribution is 2.08. The molecule has 0 radical (unpaired) electrons. The Morgan fingerprint density at radius 3 is 1.81 bits per heavy atom. The van der Waals surface area contributed by atoms with Gasteiger partial charge in [-0.05, 0) is 19.1 Å². The minimum absolute atomic E-state index is 0. The van der Waals surface area contributed by atoms with Gasteiger partial charge in [-0.25, -0.2) is 13.4 Å². The van der Waals surface area contributed by atoms with Crippen molar-refractivity contribution in [1.29, 1.82) is 0 Å². The maximum Gasteiger partial charge on any atom is 0.320 e. The van der Waals surface area contributed by atoms with Crippen LogP contribution in [-0.4, -0.2) is 28.4 Å². The van der Waals surface area contributed by atoms with Gasteiger partial charge in [-0.2, -0.15) is 0 Å². The van der Waals surface area contributed by atoms with E-state index in [0.29, 0.717) is 0 Å². The van der Waals surface area contributed by atoms with Crippen molar-refractivity contribution in [3.63, 3.8) is 0 Å². The average molecular weight is 316 g/mol. The fourth-order valence-corrected chi connectivity index (χ4v) is 1.63. The van der Waals surface area contributed by atoms with Gasteiger partial charge in [0.15, 0.2) is 0 Å². The molecule has 0 aliphatic rings. The van der Waals surface area contributed by atoms with Gasteiger partial charge < -0.3 is 27.2 Å². The van der Waals surface area contributed by atoms with Crippen molar-refractivity contribution >= 4 is 28.0 Å². The van der Waals surface area contributed by atoms with E-state index in [-0.39, 0.29) is 28.2 Å². The number of rotatable bonds is 1. The van der Waals surface area contributed by atoms with Crippen molar-refractivity contribution < 1.29 is 23.4 Å². The fourth-order valence-electron chi connectivity index (χ4n) is 1.16. The van der Waals surface area contributed by atoms with Gasteiger partial charge >= 0.3 is 17.8 Å². The minimum atomic E-state index is -4.27. The van der Waals surface area contributed by atoms with E-state index in [1.54, 1.807) is 12.1 Å². The van der Waals surface area contributed by atoms with Crippen LogP contribution in [-0.2, 0) is 10.1 Å². The highest BCUT2D eigenvalue weighted by atomic mass is 32.2. The summed E-state index contributed by atoms with van der Waals surface area (Å²) in [5, 5.41) is 0. The smallest absolute Gasteiger partial charge is 0.320 e. The van der Waals surface area contributed by atoms with Crippen molar-refractivity contribution in [2.75, 3.05) is 17.2 Å². The first-order valence-electron chi connectivity index (χ1n) is 5.29. The third-order valence-electron chi connectivity index (χ3n) is 2.04. The molecule has 21 heavy (non-hydrogen) atoms. The Morgan fingerprint density at radius 1 is 1.05 bits per heavy atom. The van der Waals surface area contributed by atoms with Crippen molar-refractivity contribution in [1.82, 2.24) is 9.97 Å². The van der Waals surface area contributed by atoms with Gasteiger partial charge in [-0.15, -0.1) is 0 Å². The van der Waals surface area contributed by atoms with Gasteiger partial charge in [0.1, 0.15) is 10.1 Å². The number of aryl methyl sites for hydroxylation is 1. The molecule has 9 N–H and O–H groups in total. The number of nitrogen functional groups attached to an aromatic ring is 3. The molecule has 0 amide bonds. The molecule has 116 valence electrons. The van der Waals surface area contributed by atoms with E-state index in [0.717, 1.165) is 5.56 Å². The monoisotopic (exact) mass is 316 g/mol. The first-order chi connectivity index (χ1) is 9.18. The standard InChI is InChI=1S/C7H8O3S.C3H6N6.H2O/c1-6-2-4-7(5-3-6)11(8,9)10;4-1-7-2(5)9-3(6)8-1;/h2-5H,1H3,(H,8,9,10);(H6,4,5,6,7,8,9);1H2. The van der Waals surface area contributed by atoms with E-state index >= 15 is 0 Å². The number of nitrogens with zero attached hydrogens (tertiary/aromatic N) is 2. The molecule has 0 unspecified atom stereocenters. The number of H-pyrrole nitrogens is 1. The van der Waals surface area contributed by atoms with Crippen molar-refractivity contribution in [3.8, 4) is 0 Å². The molecule has 0 bridgehead atoms. The average Bonchev–Trinajstić information content (AvgIpc) is 2.26. The van der Waals surface area contributed by atoms with Crippen LogP contribution in [0.3, 0.4) is 0 Å². The van der Waals surface area contributed by atoms with Crippen LogP contribution in [0.1, 0.15) is 5.56 Å². The van der Waals surface area contributed by atoms with E-state index in [4.69, 9.17) is 17.2 Å². The predicted octanol–water partition coefficient (Wildman–Crippen LogP) is -1.89. The number of benzene rings is 1. The van der Waals surface area contributed by atoms with E-state index in [1.807, 2.05) is 6.92 Å². The minimum Gasteiger partial charge on any atom is -0.744 e. The molecule has 1 aromatic carbocycles. The topological polar surface area (TPSA) is 207 Å². The van der Waals surface area contributed by atoms with Crippen molar-refractivity contribution in [2.45, 2.75) is 11.8 Å². The van der Waals surface area contributed by atoms with Crippen molar-refractivity contribution in [3.05, 3.63) is 29.8 Å². The summed E-state index contributed by atoms with van der Waals surface area (Å²) < 4.78 is 31.2. The Balaban J connectivity index is 0.000000370. The van der Waals surface area contributed by atoms with E-state index < -0.39 is 10.1 Å². The second-order valence-corrected chi connectivity index (χ2v) is 5.12. The molecule has 0 aliphatic carbocycles. The number of aromatic nitrogens is 3. The zero-order valence-corrected chi connectivity index (χ0v) is 11.9. The Labute approximate surface area is 121 Å². The Bertz CT molecular complexity index is 639. The molecule has 1 aromatic heterocycles. The summed E-state index contributed by atoms with van der Waals surface area (Å²) in [7, 11) is -4.27. The lowest BCUT2D eigenvalue weighted by atomic mass is 10.2. The molecular weight excluding hydrogens is 300 g/mol. The van der Waals surface area contributed by atoms with Crippen LogP contribution in [0.15, 0.2) is 29.2 Å². The first kappa shape index (κ1) is 18.5. The summed E-state index contributed by atoms with van der Waals surface area (Å²) >= 11 is 0. The molecule has 0 fully saturated rings. The second kappa shape index (κ2) is 7.33. The number of hydrogen-bond donors (Lipinski definition) is 3. The maximum absolute atomic E-state index is 10.4. The molecule has 10 nitrogen and oxygen atoms in total. The number of hydrogen-bond acceptors (Lipinski definition) is 8. The molecule has 2 aromatic rings. The highest BCUT2D eigenvalue weighted by Gasteiger charge is 2.01. The van der Waals surface area contributed by atoms with Gasteiger partial charge in [0.2, 0.25) is 0 Å². The second-order valence-electron chi connectivity index (χ2n) is 3.74. The van der Waals surface area contributed by atoms with Crippen LogP contribution in [0.5, 0.6) is 0 Å². The lowest BCUT2D eigenvalue weighted by Gasteiger charge is -2.05. The zero-order chi connectivity index (χ0) is 15.3. The number of nitrogens with two attached hydrogens (primary N) is 3. The summed E-state index contributed by atoms with van der Waals surface area (Å²) in [4.78, 5) is 9.37. The van der Waals surface area contributed by atoms with Crippen LogP contribution >= 0.6 is 0 Å². The SMILES string of the molecule is Cc1ccc(S(=O)(=O)[O-])cc1.Nc1nc(N)[nH+]c(N)n1.O. The summed E-state index contributed by atoms with van der Waals surface area (Å²) in [6.45, 7) is 1.82. The Kier molecular flexibility index (Phi) is 6.45. The van der Waals surface area contributed by atoms with Gasteiger partial charge in [0.05, 0.1) is 4.90 Å². The molecule has 0 saturated carbocycles. The summed E-state index contributed by atoms with van der Waals surface area (Å²) in [5.41, 5.74) is 16.5. The van der Waals surface area contributed by atoms with Crippen LogP contribution < -0.4 is 22.2 Å². The molecule has 1 heterocycles. The molecule has 0 aliphatic heterocycles. The number of nitrogens with one attached hydrogen (secondary N) is 1. The lowest BCUT2D eigenvalue weighted by Crippen LogP contribution is -2.20. The molecular formula is C10H16N6O4S. The van der Waals surface area contributed by atoms with Crippen LogP contribution in [0.25, 0.3) is 0 Å². The highest BCUT2D eigenvalue weighted by molar-refractivity contribution is 7.85. The predicted molar refractivity (Wildman–Crippen MR) is 74.6 cm³/mol. The summed E-state index contributed by atoms with van der Waals surface area (Å²) in [6, 6.07) is 5.78. The van der Waals surface area contributed by atoms with E-state index in [9.17, 15) is 13.0 Å². The molecule has 2 rings (SSSR count).